The molecule has 1 aliphatic rings. The van der Waals surface area contributed by atoms with Crippen LogP contribution < -0.4 is 5.43 Å². The van der Waals surface area contributed by atoms with E-state index >= 15 is 0 Å². The minimum atomic E-state index is -0.615. The second-order valence-electron chi connectivity index (χ2n) is 4.93. The van der Waals surface area contributed by atoms with Gasteiger partial charge in [0.2, 0.25) is 0 Å². The quantitative estimate of drug-likeness (QED) is 0.842. The first-order valence-electron chi connectivity index (χ1n) is 7.53. The minimum Gasteiger partial charge on any atom is -0.463 e. The van der Waals surface area contributed by atoms with Crippen LogP contribution in [0.25, 0.3) is 0 Å². The molecule has 0 saturated carbocycles. The molecular weight excluding hydrogens is 296 g/mol. The fraction of sp³-hybridized carbons (Fsp3) is 0.353. The number of carbonyl (C=O) groups is 2. The van der Waals surface area contributed by atoms with Gasteiger partial charge in [0.25, 0.3) is 0 Å². The lowest BCUT2D eigenvalue weighted by atomic mass is 9.85. The number of rotatable bonds is 5. The maximum absolute atomic E-state index is 12.4. The van der Waals surface area contributed by atoms with Gasteiger partial charge in [0.15, 0.2) is 5.71 Å². The fourth-order valence-electron chi connectivity index (χ4n) is 2.44. The van der Waals surface area contributed by atoms with Crippen molar-refractivity contribution in [3.05, 3.63) is 47.2 Å². The van der Waals surface area contributed by atoms with E-state index in [4.69, 9.17) is 9.47 Å². The molecule has 0 aromatic heterocycles. The lowest BCUT2D eigenvalue weighted by molar-refractivity contribution is -0.138. The summed E-state index contributed by atoms with van der Waals surface area (Å²) in [4.78, 5) is 24.6. The van der Waals surface area contributed by atoms with Crippen molar-refractivity contribution in [2.24, 2.45) is 5.10 Å². The molecule has 0 saturated heterocycles. The van der Waals surface area contributed by atoms with E-state index in [1.807, 2.05) is 30.3 Å². The van der Waals surface area contributed by atoms with Gasteiger partial charge in [0.1, 0.15) is 0 Å². The molecule has 2 rings (SSSR count). The summed E-state index contributed by atoms with van der Waals surface area (Å²) in [6.07, 6.45) is 0. The second-order valence-corrected chi connectivity index (χ2v) is 4.93. The molecule has 6 nitrogen and oxygen atoms in total. The van der Waals surface area contributed by atoms with Crippen LogP contribution in [0.1, 0.15) is 32.3 Å². The Bertz CT molecular complexity index is 650. The molecule has 0 spiro atoms. The topological polar surface area (TPSA) is 77.0 Å². The predicted octanol–water partition coefficient (Wildman–Crippen LogP) is 2.13. The van der Waals surface area contributed by atoms with Crippen molar-refractivity contribution < 1.29 is 19.1 Å². The standard InChI is InChI=1S/C17H20N2O4/c1-4-22-16(20)13-11(3)18-19-15(17(21)23-5-2)14(13)12-9-7-6-8-10-12/h6-10,14,18H,4-5H2,1-3H3. The van der Waals surface area contributed by atoms with Gasteiger partial charge in [0, 0.05) is 5.70 Å². The molecule has 23 heavy (non-hydrogen) atoms. The van der Waals surface area contributed by atoms with Crippen LogP contribution in [-0.4, -0.2) is 30.9 Å². The number of nitrogens with one attached hydrogen (secondary N) is 1. The third kappa shape index (κ3) is 3.59. The van der Waals surface area contributed by atoms with Gasteiger partial charge in [-0.1, -0.05) is 30.3 Å². The minimum absolute atomic E-state index is 0.145. The van der Waals surface area contributed by atoms with Crippen molar-refractivity contribution >= 4 is 17.7 Å². The molecule has 0 radical (unpaired) electrons. The van der Waals surface area contributed by atoms with E-state index in [1.165, 1.54) is 0 Å². The third-order valence-corrected chi connectivity index (χ3v) is 3.42. The summed E-state index contributed by atoms with van der Waals surface area (Å²) in [5, 5.41) is 4.11. The first kappa shape index (κ1) is 16.7. The molecule has 1 aromatic carbocycles. The van der Waals surface area contributed by atoms with Gasteiger partial charge in [0.05, 0.1) is 24.7 Å². The molecular formula is C17H20N2O4. The van der Waals surface area contributed by atoms with E-state index < -0.39 is 17.9 Å². The number of nitrogens with zero attached hydrogens (tertiary/aromatic N) is 1. The molecule has 1 N–H and O–H groups in total. The van der Waals surface area contributed by atoms with E-state index in [1.54, 1.807) is 20.8 Å². The highest BCUT2D eigenvalue weighted by atomic mass is 16.5. The Morgan fingerprint density at radius 2 is 1.70 bits per heavy atom. The monoisotopic (exact) mass is 316 g/mol. The normalized spacial score (nSPS) is 17.2. The molecule has 1 aromatic rings. The molecule has 1 aliphatic heterocycles. The van der Waals surface area contributed by atoms with Gasteiger partial charge in [-0.3, -0.25) is 5.43 Å². The molecule has 0 aliphatic carbocycles. The summed E-state index contributed by atoms with van der Waals surface area (Å²) in [6, 6.07) is 9.25. The lowest BCUT2D eigenvalue weighted by Crippen LogP contribution is -2.36. The summed E-state index contributed by atoms with van der Waals surface area (Å²) in [6.45, 7) is 5.68. The average Bonchev–Trinajstić information content (AvgIpc) is 2.55. The Labute approximate surface area is 135 Å². The summed E-state index contributed by atoms with van der Waals surface area (Å²) in [7, 11) is 0. The molecule has 1 unspecified atom stereocenters. The van der Waals surface area contributed by atoms with Crippen molar-refractivity contribution in [1.29, 1.82) is 0 Å². The molecule has 1 atom stereocenters. The van der Waals surface area contributed by atoms with Crippen molar-refractivity contribution in [1.82, 2.24) is 5.43 Å². The molecule has 0 bridgehead atoms. The number of allylic oxidation sites excluding steroid dienone is 1. The largest absolute Gasteiger partial charge is 0.463 e. The second kappa shape index (κ2) is 7.58. The first-order chi connectivity index (χ1) is 11.1. The van der Waals surface area contributed by atoms with Gasteiger partial charge in [-0.15, -0.1) is 0 Å². The number of hydrogen-bond acceptors (Lipinski definition) is 6. The van der Waals surface area contributed by atoms with Crippen LogP contribution in [0, 0.1) is 0 Å². The number of ether oxygens (including phenoxy) is 2. The van der Waals surface area contributed by atoms with E-state index in [0.717, 1.165) is 5.56 Å². The smallest absolute Gasteiger partial charge is 0.355 e. The molecule has 0 fully saturated rings. The van der Waals surface area contributed by atoms with Crippen LogP contribution in [0.2, 0.25) is 0 Å². The van der Waals surface area contributed by atoms with E-state index in [-0.39, 0.29) is 18.9 Å². The third-order valence-electron chi connectivity index (χ3n) is 3.42. The Kier molecular flexibility index (Phi) is 5.51. The summed E-state index contributed by atoms with van der Waals surface area (Å²) < 4.78 is 10.2. The van der Waals surface area contributed by atoms with Gasteiger partial charge in [-0.2, -0.15) is 5.10 Å². The van der Waals surface area contributed by atoms with Gasteiger partial charge in [-0.05, 0) is 26.3 Å². The summed E-state index contributed by atoms with van der Waals surface area (Å²) in [5.41, 5.74) is 4.58. The lowest BCUT2D eigenvalue weighted by Gasteiger charge is -2.26. The van der Waals surface area contributed by atoms with Gasteiger partial charge in [-0.25, -0.2) is 9.59 Å². The van der Waals surface area contributed by atoms with Crippen molar-refractivity contribution in [3.63, 3.8) is 0 Å². The van der Waals surface area contributed by atoms with Gasteiger partial charge >= 0.3 is 11.9 Å². The average molecular weight is 316 g/mol. The Morgan fingerprint density at radius 3 is 2.30 bits per heavy atom. The van der Waals surface area contributed by atoms with Crippen molar-refractivity contribution in [2.45, 2.75) is 26.7 Å². The fourth-order valence-corrected chi connectivity index (χ4v) is 2.44. The van der Waals surface area contributed by atoms with Crippen LogP contribution in [0.3, 0.4) is 0 Å². The zero-order valence-electron chi connectivity index (χ0n) is 13.5. The summed E-state index contributed by atoms with van der Waals surface area (Å²) >= 11 is 0. The van der Waals surface area contributed by atoms with Crippen LogP contribution in [-0.2, 0) is 19.1 Å². The van der Waals surface area contributed by atoms with E-state index in [9.17, 15) is 9.59 Å². The SMILES string of the molecule is CCOC(=O)C1=NNC(C)=C(C(=O)OCC)C1c1ccccc1. The first-order valence-corrected chi connectivity index (χ1v) is 7.53. The zero-order chi connectivity index (χ0) is 16.8. The molecule has 1 heterocycles. The Morgan fingerprint density at radius 1 is 1.09 bits per heavy atom. The number of carbonyl (C=O) groups excluding carboxylic acids is 2. The number of esters is 2. The number of hydrogen-bond donors (Lipinski definition) is 1. The highest BCUT2D eigenvalue weighted by molar-refractivity contribution is 6.40. The summed E-state index contributed by atoms with van der Waals surface area (Å²) in [5.74, 6) is -1.64. The Hall–Kier alpha value is -2.63. The number of hydrazone groups is 1. The van der Waals surface area contributed by atoms with E-state index in [0.29, 0.717) is 11.3 Å². The maximum atomic E-state index is 12.4. The van der Waals surface area contributed by atoms with E-state index in [2.05, 4.69) is 10.5 Å². The molecule has 0 amide bonds. The molecule has 6 heteroatoms. The predicted molar refractivity (Wildman–Crippen MR) is 85.7 cm³/mol. The van der Waals surface area contributed by atoms with Crippen LogP contribution >= 0.6 is 0 Å². The highest BCUT2D eigenvalue weighted by Gasteiger charge is 2.37. The van der Waals surface area contributed by atoms with Gasteiger partial charge < -0.3 is 9.47 Å². The van der Waals surface area contributed by atoms with Crippen molar-refractivity contribution in [2.75, 3.05) is 13.2 Å². The van der Waals surface area contributed by atoms with Crippen LogP contribution in [0.4, 0.5) is 0 Å². The molecule has 122 valence electrons. The maximum Gasteiger partial charge on any atom is 0.355 e. The highest BCUT2D eigenvalue weighted by Crippen LogP contribution is 2.31. The van der Waals surface area contributed by atoms with Crippen LogP contribution in [0.15, 0.2) is 46.7 Å². The number of benzene rings is 1. The van der Waals surface area contributed by atoms with Crippen LogP contribution in [0.5, 0.6) is 0 Å². The Balaban J connectivity index is 2.50. The zero-order valence-corrected chi connectivity index (χ0v) is 13.5. The van der Waals surface area contributed by atoms with Crippen molar-refractivity contribution in [3.8, 4) is 0 Å².